The molecule has 2 rings (SSSR count). The normalized spacial score (nSPS) is 10.0. The number of hydrogen-bond donors (Lipinski definition) is 0. The number of hydrogen-bond acceptors (Lipinski definition) is 4. The molecular formula is C14H12N4. The van der Waals surface area contributed by atoms with E-state index in [4.69, 9.17) is 10.5 Å². The smallest absolute Gasteiger partial charge is 0.101 e. The van der Waals surface area contributed by atoms with E-state index in [0.29, 0.717) is 22.2 Å². The minimum Gasteiger partial charge on any atom is -0.249 e. The van der Waals surface area contributed by atoms with Gasteiger partial charge in [-0.2, -0.15) is 10.5 Å². The summed E-state index contributed by atoms with van der Waals surface area (Å²) >= 11 is 0. The number of rotatable bonds is 2. The molecular weight excluding hydrogens is 224 g/mol. The number of nitriles is 2. The highest BCUT2D eigenvalue weighted by Crippen LogP contribution is 2.19. The SMILES string of the molecule is CCc1nc2cc(C#N)c(C#N)cc2nc1CC. The average Bonchev–Trinajstić information content (AvgIpc) is 2.43. The Morgan fingerprint density at radius 2 is 1.28 bits per heavy atom. The van der Waals surface area contributed by atoms with E-state index in [1.54, 1.807) is 12.1 Å². The van der Waals surface area contributed by atoms with E-state index in [2.05, 4.69) is 9.97 Å². The van der Waals surface area contributed by atoms with Gasteiger partial charge in [0.05, 0.1) is 33.5 Å². The first-order valence-electron chi connectivity index (χ1n) is 5.87. The van der Waals surface area contributed by atoms with E-state index in [0.717, 1.165) is 24.2 Å². The molecule has 0 saturated heterocycles. The van der Waals surface area contributed by atoms with Gasteiger partial charge in [0, 0.05) is 0 Å². The molecule has 0 radical (unpaired) electrons. The number of benzene rings is 1. The maximum atomic E-state index is 8.99. The van der Waals surface area contributed by atoms with Gasteiger partial charge in [-0.15, -0.1) is 0 Å². The monoisotopic (exact) mass is 236 g/mol. The van der Waals surface area contributed by atoms with E-state index >= 15 is 0 Å². The summed E-state index contributed by atoms with van der Waals surface area (Å²) in [5.41, 5.74) is 3.98. The lowest BCUT2D eigenvalue weighted by Crippen LogP contribution is -2.01. The van der Waals surface area contributed by atoms with E-state index in [1.165, 1.54) is 0 Å². The van der Waals surface area contributed by atoms with E-state index in [1.807, 2.05) is 26.0 Å². The Morgan fingerprint density at radius 3 is 1.56 bits per heavy atom. The van der Waals surface area contributed by atoms with E-state index in [9.17, 15) is 0 Å². The molecule has 4 heteroatoms. The van der Waals surface area contributed by atoms with Crippen molar-refractivity contribution in [2.75, 3.05) is 0 Å². The van der Waals surface area contributed by atoms with Crippen molar-refractivity contribution in [2.45, 2.75) is 26.7 Å². The Labute approximate surface area is 106 Å². The molecule has 1 aromatic heterocycles. The van der Waals surface area contributed by atoms with E-state index in [-0.39, 0.29) is 0 Å². The fraction of sp³-hybridized carbons (Fsp3) is 0.286. The maximum Gasteiger partial charge on any atom is 0.101 e. The Bertz CT molecular complexity index is 629. The van der Waals surface area contributed by atoms with Crippen LogP contribution in [0.2, 0.25) is 0 Å². The zero-order valence-electron chi connectivity index (χ0n) is 10.4. The molecule has 18 heavy (non-hydrogen) atoms. The van der Waals surface area contributed by atoms with Gasteiger partial charge in [0.15, 0.2) is 0 Å². The average molecular weight is 236 g/mol. The predicted molar refractivity (Wildman–Crippen MR) is 67.7 cm³/mol. The van der Waals surface area contributed by atoms with Crippen LogP contribution in [0.25, 0.3) is 11.0 Å². The summed E-state index contributed by atoms with van der Waals surface area (Å²) in [5, 5.41) is 18.0. The van der Waals surface area contributed by atoms with Crippen molar-refractivity contribution in [3.8, 4) is 12.1 Å². The molecule has 0 aliphatic heterocycles. The van der Waals surface area contributed by atoms with Crippen LogP contribution in [0.3, 0.4) is 0 Å². The van der Waals surface area contributed by atoms with Crippen molar-refractivity contribution < 1.29 is 0 Å². The van der Waals surface area contributed by atoms with Crippen LogP contribution in [0.5, 0.6) is 0 Å². The van der Waals surface area contributed by atoms with Crippen molar-refractivity contribution in [1.82, 2.24) is 9.97 Å². The van der Waals surface area contributed by atoms with Crippen molar-refractivity contribution in [1.29, 1.82) is 10.5 Å². The summed E-state index contributed by atoms with van der Waals surface area (Å²) in [5.74, 6) is 0. The van der Waals surface area contributed by atoms with Crippen LogP contribution < -0.4 is 0 Å². The number of aromatic nitrogens is 2. The second-order valence-electron chi connectivity index (χ2n) is 3.93. The molecule has 4 nitrogen and oxygen atoms in total. The van der Waals surface area contributed by atoms with Crippen LogP contribution in [0.4, 0.5) is 0 Å². The highest BCUT2D eigenvalue weighted by atomic mass is 14.8. The summed E-state index contributed by atoms with van der Waals surface area (Å²) in [6.07, 6.45) is 1.63. The van der Waals surface area contributed by atoms with Crippen molar-refractivity contribution in [3.05, 3.63) is 34.6 Å². The minimum absolute atomic E-state index is 0.352. The third kappa shape index (κ3) is 1.89. The van der Waals surface area contributed by atoms with Gasteiger partial charge >= 0.3 is 0 Å². The van der Waals surface area contributed by atoms with Gasteiger partial charge < -0.3 is 0 Å². The Balaban J connectivity index is 2.79. The molecule has 0 aliphatic rings. The van der Waals surface area contributed by atoms with Gasteiger partial charge in [-0.3, -0.25) is 0 Å². The first kappa shape index (κ1) is 12.0. The van der Waals surface area contributed by atoms with Crippen molar-refractivity contribution in [2.24, 2.45) is 0 Å². The van der Waals surface area contributed by atoms with Crippen LogP contribution in [0.1, 0.15) is 36.4 Å². The predicted octanol–water partition coefficient (Wildman–Crippen LogP) is 2.50. The highest BCUT2D eigenvalue weighted by Gasteiger charge is 2.09. The molecule has 0 unspecified atom stereocenters. The molecule has 0 spiro atoms. The quantitative estimate of drug-likeness (QED) is 0.802. The fourth-order valence-corrected chi connectivity index (χ4v) is 1.93. The molecule has 1 heterocycles. The van der Waals surface area contributed by atoms with Gasteiger partial charge in [0.1, 0.15) is 12.1 Å². The van der Waals surface area contributed by atoms with Crippen LogP contribution in [-0.2, 0) is 12.8 Å². The lowest BCUT2D eigenvalue weighted by Gasteiger charge is -2.07. The third-order valence-corrected chi connectivity index (χ3v) is 2.87. The zero-order chi connectivity index (χ0) is 13.1. The number of aryl methyl sites for hydroxylation is 2. The van der Waals surface area contributed by atoms with Gasteiger partial charge in [-0.1, -0.05) is 13.8 Å². The number of fused-ring (bicyclic) bond motifs is 1. The Kier molecular flexibility index (Phi) is 3.21. The molecule has 0 amide bonds. The van der Waals surface area contributed by atoms with Crippen LogP contribution in [0, 0.1) is 22.7 Å². The summed E-state index contributed by atoms with van der Waals surface area (Å²) < 4.78 is 0. The summed E-state index contributed by atoms with van der Waals surface area (Å²) in [6.45, 7) is 4.06. The fourth-order valence-electron chi connectivity index (χ4n) is 1.93. The van der Waals surface area contributed by atoms with Crippen LogP contribution in [0.15, 0.2) is 12.1 Å². The van der Waals surface area contributed by atoms with Gasteiger partial charge in [-0.05, 0) is 25.0 Å². The maximum absolute atomic E-state index is 8.99. The summed E-state index contributed by atoms with van der Waals surface area (Å²) in [4.78, 5) is 9.05. The molecule has 0 bridgehead atoms. The molecule has 0 fully saturated rings. The molecule has 0 N–H and O–H groups in total. The Morgan fingerprint density at radius 1 is 0.889 bits per heavy atom. The van der Waals surface area contributed by atoms with Crippen LogP contribution >= 0.6 is 0 Å². The number of nitrogens with zero attached hydrogens (tertiary/aromatic N) is 4. The standard InChI is InChI=1S/C14H12N4/c1-3-11-12(4-2)18-14-6-10(8-16)9(7-15)5-13(14)17-11/h5-6H,3-4H2,1-2H3. The van der Waals surface area contributed by atoms with Gasteiger partial charge in [0.2, 0.25) is 0 Å². The zero-order valence-corrected chi connectivity index (χ0v) is 10.4. The van der Waals surface area contributed by atoms with E-state index < -0.39 is 0 Å². The highest BCUT2D eigenvalue weighted by molar-refractivity contribution is 5.79. The topological polar surface area (TPSA) is 73.4 Å². The molecule has 0 atom stereocenters. The third-order valence-electron chi connectivity index (χ3n) is 2.87. The second kappa shape index (κ2) is 4.81. The summed E-state index contributed by atoms with van der Waals surface area (Å²) in [6, 6.07) is 7.31. The Hall–Kier alpha value is -2.46. The van der Waals surface area contributed by atoms with Crippen LogP contribution in [-0.4, -0.2) is 9.97 Å². The van der Waals surface area contributed by atoms with Crippen molar-refractivity contribution in [3.63, 3.8) is 0 Å². The van der Waals surface area contributed by atoms with Crippen molar-refractivity contribution >= 4 is 11.0 Å². The minimum atomic E-state index is 0.352. The molecule has 1 aromatic carbocycles. The van der Waals surface area contributed by atoms with Gasteiger partial charge in [0.25, 0.3) is 0 Å². The molecule has 88 valence electrons. The lowest BCUT2D eigenvalue weighted by atomic mass is 10.1. The van der Waals surface area contributed by atoms with Gasteiger partial charge in [-0.25, -0.2) is 9.97 Å². The second-order valence-corrected chi connectivity index (χ2v) is 3.93. The molecule has 2 aromatic rings. The summed E-state index contributed by atoms with van der Waals surface area (Å²) in [7, 11) is 0. The molecule has 0 aliphatic carbocycles. The molecule has 0 saturated carbocycles. The first-order valence-corrected chi connectivity index (χ1v) is 5.87. The first-order chi connectivity index (χ1) is 8.73. The largest absolute Gasteiger partial charge is 0.249 e. The lowest BCUT2D eigenvalue weighted by molar-refractivity contribution is 0.930.